The van der Waals surface area contributed by atoms with Gasteiger partial charge in [-0.05, 0) is 35.8 Å². The van der Waals surface area contributed by atoms with Gasteiger partial charge in [0.2, 0.25) is 11.8 Å². The molecule has 0 unspecified atom stereocenters. The first-order valence-corrected chi connectivity index (χ1v) is 9.75. The summed E-state index contributed by atoms with van der Waals surface area (Å²) in [6.07, 6.45) is 0.0766. The number of aryl methyl sites for hydroxylation is 1. The number of para-hydroxylation sites is 1. The number of aromatic carboxylic acids is 1. The maximum atomic E-state index is 12.2. The summed E-state index contributed by atoms with van der Waals surface area (Å²) in [5.41, 5.74) is 1.82. The summed E-state index contributed by atoms with van der Waals surface area (Å²) < 4.78 is 11.6. The number of hydrogen-bond donors (Lipinski definition) is 2. The van der Waals surface area contributed by atoms with Crippen molar-refractivity contribution in [2.45, 2.75) is 19.9 Å². The van der Waals surface area contributed by atoms with Crippen molar-refractivity contribution in [1.29, 1.82) is 0 Å². The number of carbonyl (C=O) groups is 2. The molecule has 0 atom stereocenters. The molecule has 2 heterocycles. The molecule has 0 spiro atoms. The van der Waals surface area contributed by atoms with Gasteiger partial charge in [0.25, 0.3) is 5.82 Å². The van der Waals surface area contributed by atoms with Crippen LogP contribution in [0.2, 0.25) is 0 Å². The molecular formula is C20H16N4O5S. The molecule has 30 heavy (non-hydrogen) atoms. The smallest absolute Gasteiger partial charge is 0.377 e. The van der Waals surface area contributed by atoms with Crippen LogP contribution in [0.15, 0.2) is 47.0 Å². The van der Waals surface area contributed by atoms with Crippen molar-refractivity contribution in [3.05, 3.63) is 64.8 Å². The number of ether oxygens (including phenoxy) is 1. The lowest BCUT2D eigenvalue weighted by Gasteiger charge is -2.07. The number of carboxylic acids is 1. The van der Waals surface area contributed by atoms with Crippen LogP contribution < -0.4 is 10.1 Å². The highest BCUT2D eigenvalue weighted by Crippen LogP contribution is 2.30. The maximum absolute atomic E-state index is 12.2. The van der Waals surface area contributed by atoms with Gasteiger partial charge in [0.05, 0.1) is 23.2 Å². The molecule has 0 aliphatic carbocycles. The first-order chi connectivity index (χ1) is 14.5. The van der Waals surface area contributed by atoms with E-state index < -0.39 is 11.8 Å². The third-order valence-corrected chi connectivity index (χ3v) is 5.15. The molecule has 0 radical (unpaired) electrons. The number of benzene rings is 2. The van der Waals surface area contributed by atoms with Gasteiger partial charge in [0.15, 0.2) is 0 Å². The number of carbonyl (C=O) groups excluding carboxylic acids is 1. The minimum Gasteiger partial charge on any atom is -0.475 e. The summed E-state index contributed by atoms with van der Waals surface area (Å²) in [7, 11) is 0. The minimum absolute atomic E-state index is 0.0167. The molecule has 0 saturated heterocycles. The number of amides is 1. The molecule has 2 aromatic carbocycles. The number of fused-ring (bicyclic) bond motifs is 1. The quantitative estimate of drug-likeness (QED) is 0.462. The van der Waals surface area contributed by atoms with E-state index in [1.54, 1.807) is 0 Å². The zero-order chi connectivity index (χ0) is 21.1. The van der Waals surface area contributed by atoms with E-state index in [0.29, 0.717) is 10.8 Å². The average Bonchev–Trinajstić information content (AvgIpc) is 3.34. The molecule has 4 rings (SSSR count). The highest BCUT2D eigenvalue weighted by molar-refractivity contribution is 7.18. The van der Waals surface area contributed by atoms with Gasteiger partial charge in [-0.3, -0.25) is 4.79 Å². The van der Waals surface area contributed by atoms with E-state index in [1.807, 2.05) is 49.4 Å². The van der Waals surface area contributed by atoms with E-state index in [0.717, 1.165) is 21.5 Å². The molecule has 0 aliphatic heterocycles. The first kappa shape index (κ1) is 19.5. The van der Waals surface area contributed by atoms with Crippen LogP contribution in [0.3, 0.4) is 0 Å². The molecule has 9 nitrogen and oxygen atoms in total. The summed E-state index contributed by atoms with van der Waals surface area (Å²) in [5, 5.41) is 15.3. The number of rotatable bonds is 7. The standard InChI is InChI=1S/C20H16N4O5S/c1-11-4-2-3-5-14(11)28-12-6-7-13-15(8-12)30-18(22-13)9-16(25)21-10-17-23-19(20(26)27)24-29-17/h2-8H,9-10H2,1H3,(H,21,25)(H,26,27). The van der Waals surface area contributed by atoms with Crippen molar-refractivity contribution >= 4 is 33.4 Å². The van der Waals surface area contributed by atoms with Gasteiger partial charge in [-0.25, -0.2) is 9.78 Å². The predicted molar refractivity (Wildman–Crippen MR) is 108 cm³/mol. The summed E-state index contributed by atoms with van der Waals surface area (Å²) in [6.45, 7) is 1.92. The Kier molecular flexibility index (Phi) is 5.40. The average molecular weight is 424 g/mol. The highest BCUT2D eigenvalue weighted by Gasteiger charge is 2.15. The van der Waals surface area contributed by atoms with E-state index in [4.69, 9.17) is 14.4 Å². The summed E-state index contributed by atoms with van der Waals surface area (Å²) >= 11 is 1.40. The molecule has 0 saturated carbocycles. The van der Waals surface area contributed by atoms with Crippen LogP contribution in [0.5, 0.6) is 11.5 Å². The molecular weight excluding hydrogens is 408 g/mol. The van der Waals surface area contributed by atoms with Gasteiger partial charge in [0, 0.05) is 6.07 Å². The SMILES string of the molecule is Cc1ccccc1Oc1ccc2nc(CC(=O)NCc3nc(C(=O)O)no3)sc2c1. The summed E-state index contributed by atoms with van der Waals surface area (Å²) in [6, 6.07) is 13.3. The van der Waals surface area contributed by atoms with Gasteiger partial charge >= 0.3 is 5.97 Å². The summed E-state index contributed by atoms with van der Waals surface area (Å²) in [4.78, 5) is 31.0. The Hall–Kier alpha value is -3.79. The van der Waals surface area contributed by atoms with Crippen LogP contribution >= 0.6 is 11.3 Å². The Morgan fingerprint density at radius 1 is 1.20 bits per heavy atom. The third kappa shape index (κ3) is 4.44. The molecule has 2 N–H and O–H groups in total. The molecule has 10 heteroatoms. The van der Waals surface area contributed by atoms with E-state index in [1.165, 1.54) is 11.3 Å². The Labute approximate surface area is 174 Å². The van der Waals surface area contributed by atoms with E-state index >= 15 is 0 Å². The Bertz CT molecular complexity index is 1230. The fraction of sp³-hybridized carbons (Fsp3) is 0.150. The zero-order valence-corrected chi connectivity index (χ0v) is 16.6. The van der Waals surface area contributed by atoms with Crippen LogP contribution in [-0.2, 0) is 17.8 Å². The number of thiazole rings is 1. The largest absolute Gasteiger partial charge is 0.475 e. The van der Waals surface area contributed by atoms with Gasteiger partial charge in [-0.15, -0.1) is 11.3 Å². The lowest BCUT2D eigenvalue weighted by atomic mass is 10.2. The van der Waals surface area contributed by atoms with Gasteiger partial charge in [-0.2, -0.15) is 4.98 Å². The Morgan fingerprint density at radius 2 is 2.03 bits per heavy atom. The highest BCUT2D eigenvalue weighted by atomic mass is 32.1. The van der Waals surface area contributed by atoms with Crippen molar-refractivity contribution in [2.24, 2.45) is 0 Å². The molecule has 0 bridgehead atoms. The summed E-state index contributed by atoms with van der Waals surface area (Å²) in [5.74, 6) is -0.538. The Morgan fingerprint density at radius 3 is 2.80 bits per heavy atom. The fourth-order valence-electron chi connectivity index (χ4n) is 2.68. The van der Waals surface area contributed by atoms with Crippen molar-refractivity contribution in [3.63, 3.8) is 0 Å². The van der Waals surface area contributed by atoms with Gasteiger partial charge in [0.1, 0.15) is 16.5 Å². The van der Waals surface area contributed by atoms with Gasteiger partial charge < -0.3 is 19.7 Å². The number of aromatic nitrogens is 3. The molecule has 2 aromatic heterocycles. The monoisotopic (exact) mass is 424 g/mol. The lowest BCUT2D eigenvalue weighted by molar-refractivity contribution is -0.120. The molecule has 4 aromatic rings. The van der Waals surface area contributed by atoms with Crippen LogP contribution in [0.1, 0.15) is 27.1 Å². The second kappa shape index (κ2) is 8.29. The van der Waals surface area contributed by atoms with Crippen molar-refractivity contribution in [1.82, 2.24) is 20.4 Å². The third-order valence-electron chi connectivity index (χ3n) is 4.13. The van der Waals surface area contributed by atoms with Gasteiger partial charge in [-0.1, -0.05) is 18.2 Å². The van der Waals surface area contributed by atoms with E-state index in [-0.39, 0.29) is 24.8 Å². The lowest BCUT2D eigenvalue weighted by Crippen LogP contribution is -2.24. The normalized spacial score (nSPS) is 10.8. The second-order valence-corrected chi connectivity index (χ2v) is 7.49. The molecule has 1 amide bonds. The molecule has 0 fully saturated rings. The minimum atomic E-state index is -1.29. The van der Waals surface area contributed by atoms with E-state index in [9.17, 15) is 9.59 Å². The number of nitrogens with one attached hydrogen (secondary N) is 1. The molecule has 0 aliphatic rings. The Balaban J connectivity index is 1.40. The number of hydrogen-bond acceptors (Lipinski definition) is 8. The van der Waals surface area contributed by atoms with Crippen LogP contribution in [-0.4, -0.2) is 32.1 Å². The van der Waals surface area contributed by atoms with Crippen molar-refractivity contribution < 1.29 is 24.0 Å². The predicted octanol–water partition coefficient (Wildman–Crippen LogP) is 3.34. The number of nitrogens with zero attached hydrogens (tertiary/aromatic N) is 3. The first-order valence-electron chi connectivity index (χ1n) is 8.93. The maximum Gasteiger partial charge on any atom is 0.377 e. The van der Waals surface area contributed by atoms with Crippen LogP contribution in [0.25, 0.3) is 10.2 Å². The molecule has 152 valence electrons. The van der Waals surface area contributed by atoms with Crippen LogP contribution in [0, 0.1) is 6.92 Å². The van der Waals surface area contributed by atoms with Crippen molar-refractivity contribution in [2.75, 3.05) is 0 Å². The number of carboxylic acid groups (broad SMARTS) is 1. The van der Waals surface area contributed by atoms with Crippen molar-refractivity contribution in [3.8, 4) is 11.5 Å². The van der Waals surface area contributed by atoms with E-state index in [2.05, 4.69) is 20.4 Å². The second-order valence-electron chi connectivity index (χ2n) is 6.38. The van der Waals surface area contributed by atoms with Crippen LogP contribution in [0.4, 0.5) is 0 Å². The zero-order valence-electron chi connectivity index (χ0n) is 15.8. The topological polar surface area (TPSA) is 127 Å². The fourth-order valence-corrected chi connectivity index (χ4v) is 3.67.